The van der Waals surface area contributed by atoms with E-state index < -0.39 is 17.6 Å². The largest absolute Gasteiger partial charge is 0.418 e. The Labute approximate surface area is 212 Å². The van der Waals surface area contributed by atoms with E-state index in [-0.39, 0.29) is 5.69 Å². The van der Waals surface area contributed by atoms with Crippen molar-refractivity contribution in [1.82, 2.24) is 0 Å². The Bertz CT molecular complexity index is 1090. The lowest BCUT2D eigenvalue weighted by atomic mass is 9.47. The molecule has 4 saturated carbocycles. The van der Waals surface area contributed by atoms with Gasteiger partial charge < -0.3 is 5.32 Å². The zero-order chi connectivity index (χ0) is 26.0. The average molecular weight is 502 g/mol. The highest BCUT2D eigenvalue weighted by Gasteiger charge is 2.69. The minimum Gasteiger partial charge on any atom is -0.326 e. The Balaban J connectivity index is 0.000000166. The molecule has 1 aromatic carbocycles. The third-order valence-corrected chi connectivity index (χ3v) is 10.6. The number of hydrogen-bond donors (Lipinski definition) is 1. The molecule has 1 amide bonds. The topological polar surface area (TPSA) is 46.2 Å². The summed E-state index contributed by atoms with van der Waals surface area (Å²) in [5, 5.41) is 2.12. The number of anilines is 1. The molecule has 0 radical (unpaired) electrons. The average Bonchev–Trinajstić information content (AvgIpc) is 3.28. The van der Waals surface area contributed by atoms with E-state index in [1.165, 1.54) is 50.3 Å². The Morgan fingerprint density at radius 1 is 1.03 bits per heavy atom. The number of fused-ring (bicyclic) bond motifs is 8. The SMILES string of the molecule is CC(=O)Nc1ccccc1C(F)(F)F.C[C@H]1C2C3=CC(=O)CCC3(C)C3CC[C@]4(C)CCCC4C3C21. The number of carbonyl (C=O) groups is 2. The van der Waals surface area contributed by atoms with Crippen molar-refractivity contribution in [3.63, 3.8) is 0 Å². The molecule has 0 spiro atoms. The van der Waals surface area contributed by atoms with Crippen LogP contribution in [0.4, 0.5) is 18.9 Å². The summed E-state index contributed by atoms with van der Waals surface area (Å²) in [5.74, 6) is 5.23. The van der Waals surface area contributed by atoms with Crippen LogP contribution in [0.2, 0.25) is 0 Å². The predicted octanol–water partition coefficient (Wildman–Crippen LogP) is 7.67. The van der Waals surface area contributed by atoms with Gasteiger partial charge in [-0.2, -0.15) is 13.2 Å². The highest BCUT2D eigenvalue weighted by atomic mass is 19.4. The third kappa shape index (κ3) is 4.12. The zero-order valence-corrected chi connectivity index (χ0v) is 21.8. The van der Waals surface area contributed by atoms with Gasteiger partial charge >= 0.3 is 6.18 Å². The van der Waals surface area contributed by atoms with Crippen LogP contribution >= 0.6 is 0 Å². The summed E-state index contributed by atoms with van der Waals surface area (Å²) in [6, 6.07) is 4.84. The van der Waals surface area contributed by atoms with E-state index in [0.29, 0.717) is 16.6 Å². The fraction of sp³-hybridized carbons (Fsp3) is 0.667. The van der Waals surface area contributed by atoms with Gasteiger partial charge in [0.25, 0.3) is 0 Å². The summed E-state index contributed by atoms with van der Waals surface area (Å²) < 4.78 is 37.0. The first kappa shape index (κ1) is 25.5. The van der Waals surface area contributed by atoms with Crippen LogP contribution in [0.25, 0.3) is 0 Å². The van der Waals surface area contributed by atoms with E-state index in [1.54, 1.807) is 5.57 Å². The molecule has 6 heteroatoms. The van der Waals surface area contributed by atoms with Crippen molar-refractivity contribution < 1.29 is 22.8 Å². The van der Waals surface area contributed by atoms with Gasteiger partial charge in [-0.15, -0.1) is 0 Å². The van der Waals surface area contributed by atoms with Crippen molar-refractivity contribution in [2.45, 2.75) is 78.8 Å². The molecule has 5 aliphatic rings. The molecule has 0 saturated heterocycles. The monoisotopic (exact) mass is 501 g/mol. The van der Waals surface area contributed by atoms with Gasteiger partial charge in [-0.05, 0) is 96.7 Å². The van der Waals surface area contributed by atoms with Crippen LogP contribution in [-0.4, -0.2) is 11.7 Å². The number of alkyl halides is 3. The molecule has 3 nitrogen and oxygen atoms in total. The lowest BCUT2D eigenvalue weighted by Gasteiger charge is -2.57. The van der Waals surface area contributed by atoms with Crippen molar-refractivity contribution in [1.29, 1.82) is 0 Å². The number of benzene rings is 1. The maximum atomic E-state index is 12.3. The van der Waals surface area contributed by atoms with Gasteiger partial charge in [-0.1, -0.05) is 44.9 Å². The molecule has 6 rings (SSSR count). The number of amides is 1. The molecule has 5 aliphatic carbocycles. The number of para-hydroxylation sites is 1. The van der Waals surface area contributed by atoms with Gasteiger partial charge in [0.05, 0.1) is 11.3 Å². The molecule has 6 unspecified atom stereocenters. The Morgan fingerprint density at radius 2 is 1.75 bits per heavy atom. The number of carbonyl (C=O) groups excluding carboxylic acids is 2. The summed E-state index contributed by atoms with van der Waals surface area (Å²) >= 11 is 0. The molecular weight excluding hydrogens is 463 g/mol. The fourth-order valence-corrected chi connectivity index (χ4v) is 8.88. The summed E-state index contributed by atoms with van der Waals surface area (Å²) in [7, 11) is 0. The first-order valence-electron chi connectivity index (χ1n) is 13.6. The van der Waals surface area contributed by atoms with E-state index >= 15 is 0 Å². The quantitative estimate of drug-likeness (QED) is 0.429. The van der Waals surface area contributed by atoms with Crippen molar-refractivity contribution in [2.24, 2.45) is 46.3 Å². The Morgan fingerprint density at radius 3 is 2.44 bits per heavy atom. The van der Waals surface area contributed by atoms with Crippen molar-refractivity contribution in [3.05, 3.63) is 41.5 Å². The van der Waals surface area contributed by atoms with Gasteiger partial charge in [-0.25, -0.2) is 0 Å². The van der Waals surface area contributed by atoms with Crippen LogP contribution in [-0.2, 0) is 15.8 Å². The zero-order valence-electron chi connectivity index (χ0n) is 21.8. The number of halogens is 3. The smallest absolute Gasteiger partial charge is 0.326 e. The Kier molecular flexibility index (Phi) is 6.19. The van der Waals surface area contributed by atoms with Gasteiger partial charge in [0.15, 0.2) is 5.78 Å². The lowest BCUT2D eigenvalue weighted by Crippen LogP contribution is -2.50. The van der Waals surface area contributed by atoms with E-state index in [4.69, 9.17) is 0 Å². The highest BCUT2D eigenvalue weighted by Crippen LogP contribution is 2.75. The second kappa shape index (κ2) is 8.73. The maximum absolute atomic E-state index is 12.3. The highest BCUT2D eigenvalue weighted by molar-refractivity contribution is 5.92. The Hall–Kier alpha value is -2.11. The minimum absolute atomic E-state index is 0.215. The number of ketones is 1. The minimum atomic E-state index is -4.45. The van der Waals surface area contributed by atoms with Gasteiger partial charge in [0, 0.05) is 13.3 Å². The van der Waals surface area contributed by atoms with Gasteiger partial charge in [0.2, 0.25) is 5.91 Å². The van der Waals surface area contributed by atoms with E-state index in [0.717, 1.165) is 61.3 Å². The van der Waals surface area contributed by atoms with Crippen molar-refractivity contribution >= 4 is 17.4 Å². The number of allylic oxidation sites excluding steroid dienone is 1. The predicted molar refractivity (Wildman–Crippen MR) is 134 cm³/mol. The lowest BCUT2D eigenvalue weighted by molar-refractivity contribution is -0.137. The summed E-state index contributed by atoms with van der Waals surface area (Å²) in [6.07, 6.45) is 6.90. The van der Waals surface area contributed by atoms with E-state index in [2.05, 4.69) is 32.2 Å². The van der Waals surface area contributed by atoms with Crippen LogP contribution in [0.3, 0.4) is 0 Å². The molecule has 1 N–H and O–H groups in total. The maximum Gasteiger partial charge on any atom is 0.418 e. The summed E-state index contributed by atoms with van der Waals surface area (Å²) in [5.41, 5.74) is 1.54. The van der Waals surface area contributed by atoms with Crippen molar-refractivity contribution in [3.8, 4) is 0 Å². The molecule has 0 aliphatic heterocycles. The van der Waals surface area contributed by atoms with Crippen LogP contribution in [0.1, 0.15) is 78.2 Å². The molecule has 36 heavy (non-hydrogen) atoms. The molecule has 8 atom stereocenters. The standard InChI is InChI=1S/C21H30O.C9H8F3NO/c1-12-17-16-11-13(22)6-10-21(16,3)15-7-9-20(2)8-4-5-14(20)19(15)18(12)17;1-6(14)13-8-5-3-2-4-7(8)9(10,11)12/h11-12,14-15,17-19H,4-10H2,1-3H3;2-5H,1H3,(H,13,14)/t12-,14?,15?,17?,18?,19?,20-,21?;/m0./s1. The third-order valence-electron chi connectivity index (χ3n) is 10.6. The van der Waals surface area contributed by atoms with E-state index in [9.17, 15) is 22.8 Å². The first-order valence-corrected chi connectivity index (χ1v) is 13.6. The molecule has 0 heterocycles. The summed E-state index contributed by atoms with van der Waals surface area (Å²) in [4.78, 5) is 22.7. The molecule has 0 aromatic heterocycles. The van der Waals surface area contributed by atoms with Gasteiger partial charge in [-0.3, -0.25) is 9.59 Å². The number of rotatable bonds is 1. The van der Waals surface area contributed by atoms with E-state index in [1.807, 2.05) is 0 Å². The van der Waals surface area contributed by atoms with Crippen LogP contribution in [0.5, 0.6) is 0 Å². The molecular formula is C30H38F3NO2. The van der Waals surface area contributed by atoms with Crippen LogP contribution in [0, 0.1) is 46.3 Å². The second-order valence-electron chi connectivity index (χ2n) is 12.5. The van der Waals surface area contributed by atoms with Crippen LogP contribution in [0.15, 0.2) is 35.9 Å². The molecule has 196 valence electrons. The van der Waals surface area contributed by atoms with Crippen LogP contribution < -0.4 is 5.32 Å². The fourth-order valence-electron chi connectivity index (χ4n) is 8.88. The summed E-state index contributed by atoms with van der Waals surface area (Å²) in [6.45, 7) is 8.76. The first-order chi connectivity index (χ1) is 16.9. The normalized spacial score (nSPS) is 40.4. The molecule has 1 aromatic rings. The van der Waals surface area contributed by atoms with Crippen molar-refractivity contribution in [2.75, 3.05) is 5.32 Å². The number of hydrogen-bond acceptors (Lipinski definition) is 2. The molecule has 0 bridgehead atoms. The molecule has 4 fully saturated rings. The van der Waals surface area contributed by atoms with Gasteiger partial charge in [0.1, 0.15) is 0 Å². The second-order valence-corrected chi connectivity index (χ2v) is 12.5. The number of nitrogens with one attached hydrogen (secondary N) is 1.